The Morgan fingerprint density at radius 1 is 1.10 bits per heavy atom. The van der Waals surface area contributed by atoms with Crippen molar-refractivity contribution in [2.45, 2.75) is 118 Å². The summed E-state index contributed by atoms with van der Waals surface area (Å²) in [5.74, 6) is 0.134. The number of hydrogen-bond donors (Lipinski definition) is 1. The van der Waals surface area contributed by atoms with Gasteiger partial charge in [0, 0.05) is 24.3 Å². The number of carbonyl (C=O) groups is 3. The van der Waals surface area contributed by atoms with E-state index in [0.717, 1.165) is 38.5 Å². The van der Waals surface area contributed by atoms with Gasteiger partial charge < -0.3 is 19.3 Å². The number of aliphatic hydroxyl groups excluding tert-OH is 1. The van der Waals surface area contributed by atoms with Crippen molar-refractivity contribution in [1.82, 2.24) is 0 Å². The van der Waals surface area contributed by atoms with Gasteiger partial charge in [0.1, 0.15) is 12.2 Å². The van der Waals surface area contributed by atoms with E-state index in [1.165, 1.54) is 6.92 Å². The van der Waals surface area contributed by atoms with E-state index in [-0.39, 0.29) is 57.5 Å². The molecule has 0 unspecified atom stereocenters. The van der Waals surface area contributed by atoms with E-state index >= 15 is 0 Å². The van der Waals surface area contributed by atoms with Gasteiger partial charge in [0.15, 0.2) is 0 Å². The third kappa shape index (κ3) is 4.28. The Labute approximate surface area is 233 Å². The van der Waals surface area contributed by atoms with Gasteiger partial charge in [-0.25, -0.2) is 4.79 Å². The molecule has 4 fully saturated rings. The van der Waals surface area contributed by atoms with Gasteiger partial charge in [0.2, 0.25) is 0 Å². The lowest BCUT2D eigenvalue weighted by molar-refractivity contribution is -0.236. The van der Waals surface area contributed by atoms with Crippen LogP contribution in [0, 0.1) is 45.3 Å². The monoisotopic (exact) mass is 544 g/mol. The number of rotatable bonds is 5. The molecular weight excluding hydrogens is 496 g/mol. The number of ether oxygens (including phenoxy) is 3. The average molecular weight is 545 g/mol. The second kappa shape index (κ2) is 9.60. The molecule has 0 amide bonds. The third-order valence-corrected chi connectivity index (χ3v) is 12.6. The summed E-state index contributed by atoms with van der Waals surface area (Å²) in [6.45, 7) is 15.1. The van der Waals surface area contributed by atoms with Gasteiger partial charge in [0.05, 0.1) is 19.1 Å². The van der Waals surface area contributed by atoms with E-state index in [4.69, 9.17) is 14.2 Å². The summed E-state index contributed by atoms with van der Waals surface area (Å²) < 4.78 is 17.3. The fourth-order valence-electron chi connectivity index (χ4n) is 10.6. The van der Waals surface area contributed by atoms with Gasteiger partial charge in [-0.2, -0.15) is 0 Å². The van der Waals surface area contributed by atoms with Gasteiger partial charge in [-0.05, 0) is 91.4 Å². The van der Waals surface area contributed by atoms with Crippen LogP contribution in [0.5, 0.6) is 0 Å². The lowest BCUT2D eigenvalue weighted by Crippen LogP contribution is -2.66. The molecule has 0 aromatic rings. The zero-order chi connectivity index (χ0) is 28.5. The first-order chi connectivity index (χ1) is 18.2. The predicted molar refractivity (Wildman–Crippen MR) is 145 cm³/mol. The maximum Gasteiger partial charge on any atom is 0.334 e. The van der Waals surface area contributed by atoms with Crippen LogP contribution in [0.3, 0.4) is 0 Å². The summed E-state index contributed by atoms with van der Waals surface area (Å²) >= 11 is 0. The Bertz CT molecular complexity index is 1060. The zero-order valence-electron chi connectivity index (χ0n) is 24.9. The number of carbonyl (C=O) groups excluding carboxylic acids is 3. The minimum atomic E-state index is -0.434. The summed E-state index contributed by atoms with van der Waals surface area (Å²) in [7, 11) is 0. The molecule has 10 atom stereocenters. The molecule has 3 saturated carbocycles. The average Bonchev–Trinajstić information content (AvgIpc) is 3.39. The highest BCUT2D eigenvalue weighted by atomic mass is 16.6. The van der Waals surface area contributed by atoms with E-state index in [1.807, 2.05) is 6.08 Å². The summed E-state index contributed by atoms with van der Waals surface area (Å²) in [5, 5.41) is 10.9. The minimum absolute atomic E-state index is 0.0377. The topological polar surface area (TPSA) is 99.1 Å². The van der Waals surface area contributed by atoms with Crippen LogP contribution in [0.25, 0.3) is 0 Å². The molecule has 7 heteroatoms. The SMILES string of the molecule is CC(=O)O[C@@H](C[C@@H]1C=C(C)C(=O)O1)[C@H](C)[C@H]1CC[C@@H]2[C@@]3(C)CC[C@H](O)C(C)(C)[C@@H]3CC[C@@]2(C)[C@@]12COC(=O)C2. The summed E-state index contributed by atoms with van der Waals surface area (Å²) in [5.41, 5.74) is 0.0594. The van der Waals surface area contributed by atoms with Crippen LogP contribution in [-0.2, 0) is 28.6 Å². The van der Waals surface area contributed by atoms with Crippen LogP contribution >= 0.6 is 0 Å². The number of aliphatic hydroxyl groups is 1. The van der Waals surface area contributed by atoms with Crippen LogP contribution in [-0.4, -0.2) is 47.9 Å². The van der Waals surface area contributed by atoms with E-state index in [2.05, 4.69) is 34.6 Å². The first-order valence-corrected chi connectivity index (χ1v) is 15.1. The minimum Gasteiger partial charge on any atom is -0.465 e. The van der Waals surface area contributed by atoms with Crippen molar-refractivity contribution in [3.8, 4) is 0 Å². The van der Waals surface area contributed by atoms with Crippen LogP contribution in [0.2, 0.25) is 0 Å². The highest BCUT2D eigenvalue weighted by molar-refractivity contribution is 5.90. The first kappa shape index (κ1) is 28.6. The van der Waals surface area contributed by atoms with Gasteiger partial charge >= 0.3 is 17.9 Å². The second-order valence-corrected chi connectivity index (χ2v) is 14.7. The molecule has 39 heavy (non-hydrogen) atoms. The molecule has 2 heterocycles. The highest BCUT2D eigenvalue weighted by Gasteiger charge is 2.70. The van der Waals surface area contributed by atoms with Crippen molar-refractivity contribution in [3.05, 3.63) is 11.6 Å². The first-order valence-electron chi connectivity index (χ1n) is 15.1. The molecule has 0 aromatic carbocycles. The fraction of sp³-hybridized carbons (Fsp3) is 0.844. The molecule has 1 N–H and O–H groups in total. The molecule has 218 valence electrons. The molecule has 0 aromatic heterocycles. The van der Waals surface area contributed by atoms with E-state index in [9.17, 15) is 19.5 Å². The highest BCUT2D eigenvalue weighted by Crippen LogP contribution is 2.74. The Morgan fingerprint density at radius 2 is 1.82 bits per heavy atom. The van der Waals surface area contributed by atoms with Crippen molar-refractivity contribution >= 4 is 17.9 Å². The van der Waals surface area contributed by atoms with Crippen molar-refractivity contribution in [2.24, 2.45) is 45.3 Å². The number of esters is 3. The van der Waals surface area contributed by atoms with E-state index in [1.54, 1.807) is 6.92 Å². The fourth-order valence-corrected chi connectivity index (χ4v) is 10.6. The Morgan fingerprint density at radius 3 is 2.41 bits per heavy atom. The summed E-state index contributed by atoms with van der Waals surface area (Å²) in [6.07, 6.45) is 7.31. The molecule has 0 radical (unpaired) electrons. The Hall–Kier alpha value is -1.89. The van der Waals surface area contributed by atoms with Crippen LogP contribution in [0.4, 0.5) is 0 Å². The Balaban J connectivity index is 1.49. The van der Waals surface area contributed by atoms with E-state index < -0.39 is 12.2 Å². The molecule has 3 aliphatic carbocycles. The molecule has 0 bridgehead atoms. The van der Waals surface area contributed by atoms with Gasteiger partial charge in [-0.15, -0.1) is 0 Å². The van der Waals surface area contributed by atoms with Crippen LogP contribution < -0.4 is 0 Å². The predicted octanol–water partition coefficient (Wildman–Crippen LogP) is 5.38. The normalized spacial score (nSPS) is 44.5. The van der Waals surface area contributed by atoms with Crippen molar-refractivity contribution < 1.29 is 33.7 Å². The molecular formula is C32H48O7. The van der Waals surface area contributed by atoms with Crippen LogP contribution in [0.1, 0.15) is 99.8 Å². The van der Waals surface area contributed by atoms with Crippen molar-refractivity contribution in [2.75, 3.05) is 6.61 Å². The van der Waals surface area contributed by atoms with Crippen molar-refractivity contribution in [3.63, 3.8) is 0 Å². The summed E-state index contributed by atoms with van der Waals surface area (Å²) in [6, 6.07) is 0. The zero-order valence-corrected chi connectivity index (χ0v) is 24.9. The standard InChI is InChI=1S/C32H48O7/c1-18-14-21(39-28(18)36)15-23(38-20(3)33)19(2)22-8-9-25-30(6)12-11-26(34)29(4,5)24(30)10-13-31(25,7)32(22)16-27(35)37-17-32/h14,19,21-26,34H,8-13,15-17H2,1-7H3/t19-,21+,22-,23+,24+,25-,26+,30+,31-,32+/m1/s1. The summed E-state index contributed by atoms with van der Waals surface area (Å²) in [4.78, 5) is 37.2. The maximum absolute atomic E-state index is 12.9. The molecule has 1 saturated heterocycles. The van der Waals surface area contributed by atoms with Gasteiger partial charge in [-0.3, -0.25) is 9.59 Å². The largest absolute Gasteiger partial charge is 0.465 e. The van der Waals surface area contributed by atoms with E-state index in [0.29, 0.717) is 36.9 Å². The number of fused-ring (bicyclic) bond motifs is 4. The lowest BCUT2D eigenvalue weighted by atomic mass is 9.34. The van der Waals surface area contributed by atoms with Crippen LogP contribution in [0.15, 0.2) is 11.6 Å². The molecule has 1 spiro atoms. The molecule has 2 aliphatic heterocycles. The Kier molecular flexibility index (Phi) is 7.04. The lowest BCUT2D eigenvalue weighted by Gasteiger charge is -2.70. The number of cyclic esters (lactones) is 2. The smallest absolute Gasteiger partial charge is 0.334 e. The molecule has 5 aliphatic rings. The maximum atomic E-state index is 12.9. The van der Waals surface area contributed by atoms with Crippen molar-refractivity contribution in [1.29, 1.82) is 0 Å². The molecule has 5 rings (SSSR count). The number of hydrogen-bond acceptors (Lipinski definition) is 7. The van der Waals surface area contributed by atoms with Gasteiger partial charge in [-0.1, -0.05) is 34.6 Å². The quantitative estimate of drug-likeness (QED) is 0.366. The molecule has 7 nitrogen and oxygen atoms in total. The second-order valence-electron chi connectivity index (χ2n) is 14.7. The van der Waals surface area contributed by atoms with Gasteiger partial charge in [0.25, 0.3) is 0 Å². The third-order valence-electron chi connectivity index (χ3n) is 12.6.